The highest BCUT2D eigenvalue weighted by Gasteiger charge is 2.47. The second kappa shape index (κ2) is 11.4. The molecule has 0 bridgehead atoms. The Kier molecular flexibility index (Phi) is 8.14. The van der Waals surface area contributed by atoms with Crippen LogP contribution in [0.15, 0.2) is 66.2 Å². The van der Waals surface area contributed by atoms with Crippen molar-refractivity contribution in [2.75, 3.05) is 18.6 Å². The van der Waals surface area contributed by atoms with E-state index < -0.39 is 17.7 Å². The van der Waals surface area contributed by atoms with Gasteiger partial charge < -0.3 is 14.6 Å². The number of rotatable bonds is 8. The Bertz CT molecular complexity index is 1420. The first-order chi connectivity index (χ1) is 18.5. The van der Waals surface area contributed by atoms with Crippen LogP contribution in [0, 0.1) is 19.8 Å². The predicted molar refractivity (Wildman–Crippen MR) is 155 cm³/mol. The molecular formula is C33H37NO5. The molecule has 0 aromatic heterocycles. The molecule has 1 heterocycles. The lowest BCUT2D eigenvalue weighted by molar-refractivity contribution is -0.132. The van der Waals surface area contributed by atoms with E-state index in [0.29, 0.717) is 29.5 Å². The van der Waals surface area contributed by atoms with Crippen LogP contribution >= 0.6 is 0 Å². The van der Waals surface area contributed by atoms with Gasteiger partial charge in [0.2, 0.25) is 0 Å². The average molecular weight is 528 g/mol. The number of carbonyl (C=O) groups is 2. The number of aliphatic hydroxyl groups is 1. The van der Waals surface area contributed by atoms with E-state index in [1.807, 2.05) is 64.1 Å². The third-order valence-electron chi connectivity index (χ3n) is 6.95. The largest absolute Gasteiger partial charge is 0.507 e. The number of amides is 1. The maximum atomic E-state index is 13.6. The second-order valence-corrected chi connectivity index (χ2v) is 10.8. The summed E-state index contributed by atoms with van der Waals surface area (Å²) in [6.45, 7) is 12.6. The minimum absolute atomic E-state index is 0.0636. The number of anilines is 1. The highest BCUT2D eigenvalue weighted by atomic mass is 16.5. The zero-order valence-corrected chi connectivity index (χ0v) is 23.7. The molecule has 0 radical (unpaired) electrons. The van der Waals surface area contributed by atoms with Gasteiger partial charge in [0, 0.05) is 11.3 Å². The molecule has 1 fully saturated rings. The Morgan fingerprint density at radius 2 is 1.67 bits per heavy atom. The van der Waals surface area contributed by atoms with Crippen molar-refractivity contribution in [3.8, 4) is 11.5 Å². The average Bonchev–Trinajstić information content (AvgIpc) is 3.17. The Hall–Kier alpha value is -4.06. The number of hydrogen-bond acceptors (Lipinski definition) is 5. The molecule has 4 rings (SSSR count). The number of aryl methyl sites for hydroxylation is 2. The van der Waals surface area contributed by atoms with Crippen LogP contribution in [0.25, 0.3) is 5.76 Å². The predicted octanol–water partition coefficient (Wildman–Crippen LogP) is 7.10. The number of nitrogens with zero attached hydrogens (tertiary/aromatic N) is 1. The van der Waals surface area contributed by atoms with Crippen molar-refractivity contribution in [1.29, 1.82) is 0 Å². The molecule has 0 spiro atoms. The first-order valence-electron chi connectivity index (χ1n) is 13.3. The molecule has 1 saturated heterocycles. The van der Waals surface area contributed by atoms with Crippen molar-refractivity contribution in [3.05, 3.63) is 94.1 Å². The van der Waals surface area contributed by atoms with Crippen LogP contribution in [-0.2, 0) is 9.59 Å². The summed E-state index contributed by atoms with van der Waals surface area (Å²) in [6, 6.07) is 17.7. The van der Waals surface area contributed by atoms with Gasteiger partial charge in [0.25, 0.3) is 11.7 Å². The molecule has 3 aromatic rings. The van der Waals surface area contributed by atoms with Crippen LogP contribution in [0.3, 0.4) is 0 Å². The summed E-state index contributed by atoms with van der Waals surface area (Å²) in [7, 11) is 1.61. The zero-order chi connectivity index (χ0) is 28.4. The number of ketones is 1. The third-order valence-corrected chi connectivity index (χ3v) is 6.95. The monoisotopic (exact) mass is 527 g/mol. The molecule has 3 aromatic carbocycles. The fourth-order valence-electron chi connectivity index (χ4n) is 4.95. The van der Waals surface area contributed by atoms with E-state index in [-0.39, 0.29) is 17.3 Å². The fraction of sp³-hybridized carbons (Fsp3) is 0.333. The van der Waals surface area contributed by atoms with Crippen LogP contribution in [0.2, 0.25) is 0 Å². The molecule has 0 saturated carbocycles. The molecule has 0 aliphatic carbocycles. The molecule has 1 aliphatic heterocycles. The number of hydrogen-bond donors (Lipinski definition) is 1. The normalized spacial score (nSPS) is 16.8. The van der Waals surface area contributed by atoms with E-state index in [9.17, 15) is 14.7 Å². The Labute approximate surface area is 230 Å². The van der Waals surface area contributed by atoms with Crippen LogP contribution < -0.4 is 14.4 Å². The van der Waals surface area contributed by atoms with E-state index in [1.54, 1.807) is 31.4 Å². The molecule has 1 unspecified atom stereocenters. The van der Waals surface area contributed by atoms with E-state index in [4.69, 9.17) is 9.47 Å². The van der Waals surface area contributed by atoms with Gasteiger partial charge in [-0.1, -0.05) is 57.5 Å². The van der Waals surface area contributed by atoms with Crippen molar-refractivity contribution in [2.45, 2.75) is 53.5 Å². The third kappa shape index (κ3) is 5.56. The summed E-state index contributed by atoms with van der Waals surface area (Å²) in [5.74, 6) is 0.302. The zero-order valence-electron chi connectivity index (χ0n) is 23.7. The number of carbonyl (C=O) groups excluding carboxylic acids is 2. The molecule has 6 nitrogen and oxygen atoms in total. The summed E-state index contributed by atoms with van der Waals surface area (Å²) in [4.78, 5) is 28.6. The lowest BCUT2D eigenvalue weighted by atomic mass is 9.90. The van der Waals surface area contributed by atoms with Crippen LogP contribution in [0.4, 0.5) is 5.69 Å². The maximum absolute atomic E-state index is 13.6. The minimum Gasteiger partial charge on any atom is -0.507 e. The summed E-state index contributed by atoms with van der Waals surface area (Å²) in [5.41, 5.74) is 4.50. The van der Waals surface area contributed by atoms with Crippen molar-refractivity contribution in [3.63, 3.8) is 0 Å². The quantitative estimate of drug-likeness (QED) is 0.192. The van der Waals surface area contributed by atoms with E-state index in [0.717, 1.165) is 28.0 Å². The number of Topliss-reactive ketones (excluding diaryl/α,β-unsaturated/α-hetero) is 1. The first-order valence-corrected chi connectivity index (χ1v) is 13.3. The number of aliphatic hydroxyl groups excluding tert-OH is 1. The maximum Gasteiger partial charge on any atom is 0.300 e. The molecule has 204 valence electrons. The van der Waals surface area contributed by atoms with Gasteiger partial charge in [-0.15, -0.1) is 0 Å². The Balaban J connectivity index is 1.89. The van der Waals surface area contributed by atoms with Gasteiger partial charge in [-0.2, -0.15) is 0 Å². The lowest BCUT2D eigenvalue weighted by Crippen LogP contribution is -2.29. The van der Waals surface area contributed by atoms with Gasteiger partial charge in [-0.05, 0) is 78.8 Å². The molecule has 39 heavy (non-hydrogen) atoms. The fourth-order valence-corrected chi connectivity index (χ4v) is 4.95. The van der Waals surface area contributed by atoms with E-state index in [2.05, 4.69) is 13.8 Å². The first kappa shape index (κ1) is 28.0. The van der Waals surface area contributed by atoms with Crippen LogP contribution in [0.1, 0.15) is 67.5 Å². The molecule has 1 atom stereocenters. The molecule has 1 amide bonds. The minimum atomic E-state index is -0.795. The summed E-state index contributed by atoms with van der Waals surface area (Å²) in [5, 5.41) is 11.7. The number of ether oxygens (including phenoxy) is 2. The SMILES string of the molecule is COc1cc(C)c(/C(O)=C2\C(=O)C(=O)N(c3ccc(OCC(C)C)cc3)C2c2cccc(C)c2)cc1C(C)C. The summed E-state index contributed by atoms with van der Waals surface area (Å²) < 4.78 is 11.4. The number of methoxy groups -OCH3 is 1. The Morgan fingerprint density at radius 1 is 0.974 bits per heavy atom. The van der Waals surface area contributed by atoms with Gasteiger partial charge in [0.15, 0.2) is 0 Å². The van der Waals surface area contributed by atoms with Gasteiger partial charge in [0.05, 0.1) is 25.3 Å². The molecule has 1 N–H and O–H groups in total. The summed E-state index contributed by atoms with van der Waals surface area (Å²) in [6.07, 6.45) is 0. The molecule has 1 aliphatic rings. The topological polar surface area (TPSA) is 76.1 Å². The molecule has 6 heteroatoms. The highest BCUT2D eigenvalue weighted by molar-refractivity contribution is 6.51. The van der Waals surface area contributed by atoms with Crippen LogP contribution in [-0.4, -0.2) is 30.5 Å². The highest BCUT2D eigenvalue weighted by Crippen LogP contribution is 2.44. The molecular weight excluding hydrogens is 490 g/mol. The second-order valence-electron chi connectivity index (χ2n) is 10.8. The van der Waals surface area contributed by atoms with Crippen molar-refractivity contribution in [2.24, 2.45) is 5.92 Å². The van der Waals surface area contributed by atoms with Gasteiger partial charge in [-0.25, -0.2) is 0 Å². The van der Waals surface area contributed by atoms with Gasteiger partial charge in [0.1, 0.15) is 17.3 Å². The lowest BCUT2D eigenvalue weighted by Gasteiger charge is -2.26. The van der Waals surface area contributed by atoms with Gasteiger partial charge in [-0.3, -0.25) is 14.5 Å². The van der Waals surface area contributed by atoms with Crippen molar-refractivity contribution < 1.29 is 24.2 Å². The van der Waals surface area contributed by atoms with Crippen molar-refractivity contribution >= 4 is 23.1 Å². The van der Waals surface area contributed by atoms with Gasteiger partial charge >= 0.3 is 0 Å². The standard InChI is InChI=1S/C33H37NO5/c1-19(2)18-39-25-13-11-24(12-14-25)34-30(23-10-8-9-21(5)15-23)29(32(36)33(34)37)31(35)27-17-26(20(3)4)28(38-7)16-22(27)6/h8-17,19-20,30,35H,18H2,1-7H3/b31-29+. The smallest absolute Gasteiger partial charge is 0.300 e. The number of benzene rings is 3. The van der Waals surface area contributed by atoms with Crippen molar-refractivity contribution in [1.82, 2.24) is 0 Å². The van der Waals surface area contributed by atoms with E-state index in [1.165, 1.54) is 4.90 Å². The Morgan fingerprint density at radius 3 is 2.26 bits per heavy atom. The summed E-state index contributed by atoms with van der Waals surface area (Å²) >= 11 is 0. The van der Waals surface area contributed by atoms with Crippen LogP contribution in [0.5, 0.6) is 11.5 Å². The van der Waals surface area contributed by atoms with E-state index >= 15 is 0 Å².